The fraction of sp³-hybridized carbons (Fsp3) is 0.579. The van der Waals surface area contributed by atoms with Crippen molar-refractivity contribution in [2.45, 2.75) is 17.5 Å². The minimum atomic E-state index is -0.797. The predicted octanol–water partition coefficient (Wildman–Crippen LogP) is 1.75. The fourth-order valence-corrected chi connectivity index (χ4v) is 5.92. The molecule has 1 fully saturated rings. The van der Waals surface area contributed by atoms with Gasteiger partial charge in [-0.05, 0) is 19.2 Å². The summed E-state index contributed by atoms with van der Waals surface area (Å²) < 4.78 is 15.8. The largest absolute Gasteiger partial charge is 0.507 e. The maximum Gasteiger partial charge on any atom is 0.321 e. The Kier molecular flexibility index (Phi) is 8.07. The van der Waals surface area contributed by atoms with E-state index in [4.69, 9.17) is 19.2 Å². The van der Waals surface area contributed by atoms with Crippen LogP contribution in [0.3, 0.4) is 0 Å². The fourth-order valence-electron chi connectivity index (χ4n) is 3.16. The molecule has 1 aromatic carbocycles. The molecule has 3 atom stereocenters. The van der Waals surface area contributed by atoms with Crippen molar-refractivity contribution in [3.05, 3.63) is 23.8 Å². The molecule has 2 N–H and O–H groups in total. The van der Waals surface area contributed by atoms with Gasteiger partial charge in [0.2, 0.25) is 0 Å². The maximum absolute atomic E-state index is 11.3. The Hall–Kier alpha value is -1.46. The van der Waals surface area contributed by atoms with Gasteiger partial charge in [-0.3, -0.25) is 14.7 Å². The van der Waals surface area contributed by atoms with Gasteiger partial charge in [0, 0.05) is 30.2 Å². The number of phenols is 1. The zero-order chi connectivity index (χ0) is 20.8. The van der Waals surface area contributed by atoms with Crippen molar-refractivity contribution in [2.24, 2.45) is 4.99 Å². The van der Waals surface area contributed by atoms with Gasteiger partial charge < -0.3 is 24.4 Å². The molecule has 160 valence electrons. The molecule has 10 heteroatoms. The van der Waals surface area contributed by atoms with E-state index in [1.165, 1.54) is 0 Å². The predicted molar refractivity (Wildman–Crippen MR) is 115 cm³/mol. The van der Waals surface area contributed by atoms with E-state index in [1.807, 2.05) is 11.9 Å². The minimum absolute atomic E-state index is 0.00562. The molecular weight excluding hydrogens is 416 g/mol. The van der Waals surface area contributed by atoms with Crippen molar-refractivity contribution in [3.63, 3.8) is 0 Å². The summed E-state index contributed by atoms with van der Waals surface area (Å²) in [4.78, 5) is 18.0. The van der Waals surface area contributed by atoms with Gasteiger partial charge in [-0.15, -0.1) is 23.5 Å². The lowest BCUT2D eigenvalue weighted by molar-refractivity contribution is -0.141. The second-order valence-electron chi connectivity index (χ2n) is 6.69. The highest BCUT2D eigenvalue weighted by Gasteiger charge is 2.41. The number of rotatable bonds is 10. The number of carboxylic acid groups (broad SMARTS) is 1. The van der Waals surface area contributed by atoms with Crippen molar-refractivity contribution in [1.29, 1.82) is 0 Å². The molecule has 3 unspecified atom stereocenters. The molecule has 0 saturated carbocycles. The van der Waals surface area contributed by atoms with Crippen LogP contribution in [-0.2, 0) is 14.3 Å². The molecule has 0 spiro atoms. The van der Waals surface area contributed by atoms with Gasteiger partial charge in [0.05, 0.1) is 31.2 Å². The topological polar surface area (TPSA) is 101 Å². The second kappa shape index (κ2) is 10.5. The number of carbonyl (C=O) groups is 1. The number of phenolic OH excluding ortho intramolecular Hbond substituents is 1. The molecule has 3 rings (SSSR count). The Labute approximate surface area is 178 Å². The Balaban J connectivity index is 1.57. The highest BCUT2D eigenvalue weighted by molar-refractivity contribution is 8.14. The smallest absolute Gasteiger partial charge is 0.321 e. The Morgan fingerprint density at radius 1 is 1.28 bits per heavy atom. The van der Waals surface area contributed by atoms with Crippen LogP contribution in [-0.4, -0.2) is 95.7 Å². The molecule has 0 aliphatic carbocycles. The average molecular weight is 443 g/mol. The Bertz CT molecular complexity index is 747. The van der Waals surface area contributed by atoms with Crippen molar-refractivity contribution >= 4 is 34.5 Å². The van der Waals surface area contributed by atoms with Gasteiger partial charge in [0.1, 0.15) is 29.2 Å². The summed E-state index contributed by atoms with van der Waals surface area (Å²) in [5.41, 5.74) is 0.668. The number of aromatic hydroxyl groups is 1. The number of nitrogens with zero attached hydrogens (tertiary/aromatic N) is 2. The molecule has 2 heterocycles. The van der Waals surface area contributed by atoms with E-state index >= 15 is 0 Å². The molecule has 2 aliphatic rings. The molecular formula is C19H26N2O6S2. The van der Waals surface area contributed by atoms with Crippen LogP contribution in [0, 0.1) is 0 Å². The molecule has 1 saturated heterocycles. The van der Waals surface area contributed by atoms with E-state index in [-0.39, 0.29) is 17.2 Å². The molecule has 0 bridgehead atoms. The van der Waals surface area contributed by atoms with Crippen LogP contribution in [0.4, 0.5) is 0 Å². The third-order valence-electron chi connectivity index (χ3n) is 4.73. The van der Waals surface area contributed by atoms with Gasteiger partial charge in [-0.25, -0.2) is 0 Å². The molecule has 2 aliphatic heterocycles. The molecule has 0 radical (unpaired) electrons. The second-order valence-corrected chi connectivity index (χ2v) is 8.85. The summed E-state index contributed by atoms with van der Waals surface area (Å²) in [7, 11) is 3.46. The van der Waals surface area contributed by atoms with E-state index in [1.54, 1.807) is 48.8 Å². The number of hydrogen-bond donors (Lipinski definition) is 2. The van der Waals surface area contributed by atoms with Gasteiger partial charge in [-0.2, -0.15) is 0 Å². The van der Waals surface area contributed by atoms with E-state index in [2.05, 4.69) is 0 Å². The zero-order valence-electron chi connectivity index (χ0n) is 16.4. The summed E-state index contributed by atoms with van der Waals surface area (Å²) >= 11 is 3.21. The quantitative estimate of drug-likeness (QED) is 0.525. The van der Waals surface area contributed by atoms with Crippen LogP contribution in [0.25, 0.3) is 0 Å². The van der Waals surface area contributed by atoms with Crippen LogP contribution in [0.5, 0.6) is 11.5 Å². The maximum atomic E-state index is 11.3. The van der Waals surface area contributed by atoms with Crippen molar-refractivity contribution in [2.75, 3.05) is 52.1 Å². The van der Waals surface area contributed by atoms with E-state index in [9.17, 15) is 15.0 Å². The minimum Gasteiger partial charge on any atom is -0.507 e. The highest BCUT2D eigenvalue weighted by atomic mass is 32.2. The van der Waals surface area contributed by atoms with Gasteiger partial charge in [0.25, 0.3) is 0 Å². The zero-order valence-corrected chi connectivity index (χ0v) is 18.1. The molecule has 1 aromatic rings. The lowest BCUT2D eigenvalue weighted by atomic mass is 10.2. The van der Waals surface area contributed by atoms with Crippen molar-refractivity contribution < 1.29 is 29.2 Å². The number of carboxylic acids is 1. The lowest BCUT2D eigenvalue weighted by Gasteiger charge is -2.24. The number of likely N-dealkylation sites (N-methyl/N-ethyl adjacent to an activating group) is 1. The van der Waals surface area contributed by atoms with E-state index < -0.39 is 12.0 Å². The summed E-state index contributed by atoms with van der Waals surface area (Å²) in [6.07, 6.45) is 0. The van der Waals surface area contributed by atoms with Crippen LogP contribution in [0.15, 0.2) is 23.2 Å². The Morgan fingerprint density at radius 3 is 2.76 bits per heavy atom. The summed E-state index contributed by atoms with van der Waals surface area (Å²) in [5.74, 6) is 1.21. The van der Waals surface area contributed by atoms with Gasteiger partial charge >= 0.3 is 5.97 Å². The number of aliphatic imine (C=N–C) groups is 1. The first-order chi connectivity index (χ1) is 14.0. The van der Waals surface area contributed by atoms with Crippen LogP contribution < -0.4 is 4.74 Å². The first-order valence-corrected chi connectivity index (χ1v) is 11.3. The number of benzene rings is 1. The first kappa shape index (κ1) is 22.2. The number of aliphatic carboxylic acids is 1. The average Bonchev–Trinajstić information content (AvgIpc) is 3.31. The molecule has 29 heavy (non-hydrogen) atoms. The highest BCUT2D eigenvalue weighted by Crippen LogP contribution is 2.38. The summed E-state index contributed by atoms with van der Waals surface area (Å²) in [6.45, 7) is 1.89. The van der Waals surface area contributed by atoms with Gasteiger partial charge in [0.15, 0.2) is 0 Å². The monoisotopic (exact) mass is 442 g/mol. The van der Waals surface area contributed by atoms with Gasteiger partial charge in [-0.1, -0.05) is 0 Å². The number of methoxy groups -OCH3 is 1. The summed E-state index contributed by atoms with van der Waals surface area (Å²) in [6, 6.07) is 4.71. The number of thioether (sulfide) groups is 2. The number of ether oxygens (including phenoxy) is 3. The Morgan fingerprint density at radius 2 is 2.07 bits per heavy atom. The third kappa shape index (κ3) is 5.58. The van der Waals surface area contributed by atoms with Crippen LogP contribution in [0.1, 0.15) is 5.56 Å². The van der Waals surface area contributed by atoms with Crippen LogP contribution >= 0.6 is 23.5 Å². The normalized spacial score (nSPS) is 24.6. The standard InChI is InChI=1S/C19H26N2O6S2/c1-21-15(19(23)24)11-29-18(21)14-10-28-17(20-14)13-4-3-12(9-16(13)22)27-8-7-26-6-5-25-2/h3-4,9,14-15,18,22H,5-8,10-11H2,1-2H3,(H,23,24). The lowest BCUT2D eigenvalue weighted by Crippen LogP contribution is -2.42. The van der Waals surface area contributed by atoms with Crippen LogP contribution in [0.2, 0.25) is 0 Å². The third-order valence-corrected chi connectivity index (χ3v) is 7.34. The molecule has 0 amide bonds. The SMILES string of the molecule is COCCOCCOc1ccc(C2=NC(C3SCC(C(=O)O)N3C)CS2)c(O)c1. The van der Waals surface area contributed by atoms with E-state index in [0.29, 0.717) is 43.5 Å². The summed E-state index contributed by atoms with van der Waals surface area (Å²) in [5, 5.41) is 20.5. The molecule has 0 aromatic heterocycles. The molecule has 8 nitrogen and oxygen atoms in total. The van der Waals surface area contributed by atoms with Crippen molar-refractivity contribution in [1.82, 2.24) is 4.90 Å². The number of hydrogen-bond acceptors (Lipinski definition) is 9. The van der Waals surface area contributed by atoms with E-state index in [0.717, 1.165) is 10.8 Å². The first-order valence-electron chi connectivity index (χ1n) is 9.31. The van der Waals surface area contributed by atoms with Crippen molar-refractivity contribution in [3.8, 4) is 11.5 Å².